The SMILES string of the molecule is N=C(N)N.[In]. The van der Waals surface area contributed by atoms with Gasteiger partial charge in [-0.1, -0.05) is 0 Å². The summed E-state index contributed by atoms with van der Waals surface area (Å²) in [5.74, 6) is -0.333. The summed E-state index contributed by atoms with van der Waals surface area (Å²) < 4.78 is 0. The van der Waals surface area contributed by atoms with Crippen LogP contribution in [0.25, 0.3) is 0 Å². The molecule has 27 valence electrons. The van der Waals surface area contributed by atoms with Gasteiger partial charge in [-0.3, -0.25) is 5.41 Å². The van der Waals surface area contributed by atoms with Crippen LogP contribution in [0.2, 0.25) is 0 Å². The average Bonchev–Trinajstić information content (AvgIpc) is 0.811. The quantitative estimate of drug-likeness (QED) is 0.307. The largest absolute Gasteiger partial charge is 0.370 e. The van der Waals surface area contributed by atoms with Crippen LogP contribution in [0.1, 0.15) is 0 Å². The summed E-state index contributed by atoms with van der Waals surface area (Å²) in [5, 5.41) is 6.06. The molecule has 3 radical (unpaired) electrons. The van der Waals surface area contributed by atoms with Gasteiger partial charge in [-0.15, -0.1) is 0 Å². The van der Waals surface area contributed by atoms with Crippen molar-refractivity contribution in [1.29, 1.82) is 5.41 Å². The molecule has 5 heavy (non-hydrogen) atoms. The smallest absolute Gasteiger partial charge is 0.183 e. The van der Waals surface area contributed by atoms with Crippen LogP contribution in [-0.4, -0.2) is 31.8 Å². The van der Waals surface area contributed by atoms with E-state index in [1.165, 1.54) is 0 Å². The van der Waals surface area contributed by atoms with Crippen LogP contribution in [0.5, 0.6) is 0 Å². The molecule has 4 heteroatoms. The van der Waals surface area contributed by atoms with Gasteiger partial charge in [0, 0.05) is 25.8 Å². The Labute approximate surface area is 49.0 Å². The first-order valence-corrected chi connectivity index (χ1v) is 0.827. The number of hydrogen-bond donors (Lipinski definition) is 3. The van der Waals surface area contributed by atoms with Crippen LogP contribution < -0.4 is 11.5 Å². The van der Waals surface area contributed by atoms with Crippen molar-refractivity contribution in [2.75, 3.05) is 0 Å². The molecule has 0 aliphatic rings. The van der Waals surface area contributed by atoms with E-state index in [0.717, 1.165) is 0 Å². The van der Waals surface area contributed by atoms with E-state index in [2.05, 4.69) is 11.5 Å². The third-order valence-electron chi connectivity index (χ3n) is 0. The van der Waals surface area contributed by atoms with Crippen LogP contribution in [0.3, 0.4) is 0 Å². The van der Waals surface area contributed by atoms with E-state index in [-0.39, 0.29) is 31.8 Å². The van der Waals surface area contributed by atoms with E-state index in [0.29, 0.717) is 0 Å². The Kier molecular flexibility index (Phi) is 7.40. The minimum absolute atomic E-state index is 0. The second-order valence-electron chi connectivity index (χ2n) is 0.455. The Bertz CT molecular complexity index is 29.9. The molecule has 0 saturated heterocycles. The maximum absolute atomic E-state index is 6.06. The van der Waals surface area contributed by atoms with Crippen LogP contribution >= 0.6 is 0 Å². The fourth-order valence-corrected chi connectivity index (χ4v) is 0. The normalized spacial score (nSPS) is 4.80. The van der Waals surface area contributed by atoms with Gasteiger partial charge >= 0.3 is 0 Å². The van der Waals surface area contributed by atoms with Gasteiger partial charge < -0.3 is 11.5 Å². The Morgan fingerprint density at radius 1 is 1.40 bits per heavy atom. The maximum Gasteiger partial charge on any atom is 0.183 e. The molecule has 0 fully saturated rings. The summed E-state index contributed by atoms with van der Waals surface area (Å²) in [6, 6.07) is 0. The predicted molar refractivity (Wildman–Crippen MR) is 21.9 cm³/mol. The van der Waals surface area contributed by atoms with E-state index in [4.69, 9.17) is 5.41 Å². The summed E-state index contributed by atoms with van der Waals surface area (Å²) in [7, 11) is 0. The Hall–Kier alpha value is 0.140. The van der Waals surface area contributed by atoms with Crippen molar-refractivity contribution in [3.05, 3.63) is 0 Å². The topological polar surface area (TPSA) is 75.9 Å². The molecule has 0 saturated carbocycles. The fraction of sp³-hybridized carbons (Fsp3) is 0. The van der Waals surface area contributed by atoms with Crippen molar-refractivity contribution in [2.45, 2.75) is 0 Å². The molecular weight excluding hydrogens is 169 g/mol. The number of hydrogen-bond acceptors (Lipinski definition) is 1. The molecule has 0 heterocycles. The summed E-state index contributed by atoms with van der Waals surface area (Å²) in [6.45, 7) is 0. The molecule has 0 aromatic carbocycles. The Morgan fingerprint density at radius 2 is 1.40 bits per heavy atom. The third-order valence-corrected chi connectivity index (χ3v) is 0. The number of nitrogens with two attached hydrogens (primary N) is 2. The molecule has 0 aliphatic heterocycles. The van der Waals surface area contributed by atoms with Gasteiger partial charge in [0.15, 0.2) is 5.96 Å². The molecule has 0 aromatic heterocycles. The third kappa shape index (κ3) is 966. The standard InChI is InChI=1S/CH5N3.In/c2-1(3)4;/h(H5,2,3,4);. The molecule has 3 nitrogen and oxygen atoms in total. The van der Waals surface area contributed by atoms with E-state index >= 15 is 0 Å². The minimum atomic E-state index is -0.333. The second kappa shape index (κ2) is 4.14. The van der Waals surface area contributed by atoms with Gasteiger partial charge in [-0.25, -0.2) is 0 Å². The molecule has 5 N–H and O–H groups in total. The summed E-state index contributed by atoms with van der Waals surface area (Å²) in [5.41, 5.74) is 8.94. The van der Waals surface area contributed by atoms with E-state index in [1.807, 2.05) is 0 Å². The first kappa shape index (κ1) is 8.94. The van der Waals surface area contributed by atoms with Gasteiger partial charge in [0.05, 0.1) is 0 Å². The average molecular weight is 174 g/mol. The Balaban J connectivity index is 0. The van der Waals surface area contributed by atoms with E-state index in [9.17, 15) is 0 Å². The number of nitrogens with one attached hydrogen (secondary N) is 1. The molecule has 0 rings (SSSR count). The van der Waals surface area contributed by atoms with E-state index < -0.39 is 0 Å². The molecule has 0 amide bonds. The maximum atomic E-state index is 6.06. The van der Waals surface area contributed by atoms with Crippen molar-refractivity contribution in [1.82, 2.24) is 0 Å². The molecule has 0 aliphatic carbocycles. The predicted octanol–water partition coefficient (Wildman–Crippen LogP) is -1.54. The first-order valence-electron chi connectivity index (χ1n) is 0.827. The summed E-state index contributed by atoms with van der Waals surface area (Å²) in [4.78, 5) is 0. The fourth-order valence-electron chi connectivity index (χ4n) is 0. The van der Waals surface area contributed by atoms with Gasteiger partial charge in [-0.2, -0.15) is 0 Å². The zero-order valence-electron chi connectivity index (χ0n) is 2.73. The monoisotopic (exact) mass is 174 g/mol. The van der Waals surface area contributed by atoms with Crippen molar-refractivity contribution in [3.8, 4) is 0 Å². The van der Waals surface area contributed by atoms with Crippen molar-refractivity contribution in [2.24, 2.45) is 11.5 Å². The van der Waals surface area contributed by atoms with Crippen LogP contribution in [0.15, 0.2) is 0 Å². The number of rotatable bonds is 0. The van der Waals surface area contributed by atoms with Crippen LogP contribution in [0.4, 0.5) is 0 Å². The minimum Gasteiger partial charge on any atom is -0.370 e. The van der Waals surface area contributed by atoms with Crippen LogP contribution in [-0.2, 0) is 0 Å². The zero-order chi connectivity index (χ0) is 3.58. The van der Waals surface area contributed by atoms with E-state index in [1.54, 1.807) is 0 Å². The van der Waals surface area contributed by atoms with Crippen LogP contribution in [0, 0.1) is 5.41 Å². The molecule has 0 aromatic rings. The van der Waals surface area contributed by atoms with Crippen molar-refractivity contribution < 1.29 is 0 Å². The molecule has 0 unspecified atom stereocenters. The summed E-state index contributed by atoms with van der Waals surface area (Å²) >= 11 is 0. The Morgan fingerprint density at radius 3 is 1.40 bits per heavy atom. The second-order valence-corrected chi connectivity index (χ2v) is 0.455. The first-order chi connectivity index (χ1) is 1.73. The zero-order valence-corrected chi connectivity index (χ0v) is 6.03. The molecular formula is CH5InN3. The van der Waals surface area contributed by atoms with Crippen molar-refractivity contribution >= 4 is 31.8 Å². The van der Waals surface area contributed by atoms with Gasteiger partial charge in [0.2, 0.25) is 0 Å². The molecule has 0 atom stereocenters. The van der Waals surface area contributed by atoms with Gasteiger partial charge in [0.25, 0.3) is 0 Å². The summed E-state index contributed by atoms with van der Waals surface area (Å²) in [6.07, 6.45) is 0. The molecule has 0 bridgehead atoms. The number of guanidine groups is 1. The van der Waals surface area contributed by atoms with Gasteiger partial charge in [-0.05, 0) is 0 Å². The molecule has 0 spiro atoms. The van der Waals surface area contributed by atoms with Gasteiger partial charge in [0.1, 0.15) is 0 Å². The van der Waals surface area contributed by atoms with Crippen molar-refractivity contribution in [3.63, 3.8) is 0 Å².